The summed E-state index contributed by atoms with van der Waals surface area (Å²) in [6.07, 6.45) is 2.82. The van der Waals surface area contributed by atoms with Crippen LogP contribution in [0.3, 0.4) is 0 Å². The van der Waals surface area contributed by atoms with Crippen LogP contribution in [0.2, 0.25) is 0 Å². The van der Waals surface area contributed by atoms with Crippen LogP contribution in [0.5, 0.6) is 5.75 Å². The van der Waals surface area contributed by atoms with Gasteiger partial charge in [-0.1, -0.05) is 0 Å². The molecule has 1 heterocycles. The van der Waals surface area contributed by atoms with E-state index in [1.54, 1.807) is 17.7 Å². The second kappa shape index (κ2) is 4.81. The van der Waals surface area contributed by atoms with Crippen LogP contribution in [0.1, 0.15) is 0 Å². The minimum absolute atomic E-state index is 0.0612. The Labute approximate surface area is 111 Å². The summed E-state index contributed by atoms with van der Waals surface area (Å²) in [4.78, 5) is 3.80. The second-order valence-electron chi connectivity index (χ2n) is 3.94. The molecule has 0 amide bonds. The van der Waals surface area contributed by atoms with Gasteiger partial charge in [0.1, 0.15) is 5.75 Å². The molecule has 102 valence electrons. The predicted octanol–water partition coefficient (Wildman–Crippen LogP) is 0.812. The monoisotopic (exact) mass is 282 g/mol. The number of hydrogen-bond acceptors (Lipinski definition) is 5. The van der Waals surface area contributed by atoms with Crippen molar-refractivity contribution in [1.82, 2.24) is 9.55 Å². The van der Waals surface area contributed by atoms with Gasteiger partial charge in [0, 0.05) is 25.0 Å². The molecular weight excluding hydrogens is 268 g/mol. The Morgan fingerprint density at radius 2 is 2.16 bits per heavy atom. The van der Waals surface area contributed by atoms with Crippen molar-refractivity contribution >= 4 is 21.4 Å². The van der Waals surface area contributed by atoms with Crippen LogP contribution in [0.25, 0.3) is 0 Å². The van der Waals surface area contributed by atoms with Crippen molar-refractivity contribution in [3.63, 3.8) is 0 Å². The lowest BCUT2D eigenvalue weighted by Gasteiger charge is -2.11. The molecule has 0 aliphatic rings. The van der Waals surface area contributed by atoms with Gasteiger partial charge in [0.05, 0.1) is 19.1 Å². The summed E-state index contributed by atoms with van der Waals surface area (Å²) in [6.45, 7) is 0. The first kappa shape index (κ1) is 13.2. The second-order valence-corrected chi connectivity index (χ2v) is 5.57. The van der Waals surface area contributed by atoms with Gasteiger partial charge >= 0.3 is 0 Å². The summed E-state index contributed by atoms with van der Waals surface area (Å²) >= 11 is 0. The minimum atomic E-state index is -3.74. The van der Waals surface area contributed by atoms with Crippen LogP contribution >= 0.6 is 0 Å². The summed E-state index contributed by atoms with van der Waals surface area (Å²) in [5.41, 5.74) is 6.40. The fourth-order valence-corrected chi connectivity index (χ4v) is 2.57. The summed E-state index contributed by atoms with van der Waals surface area (Å²) in [5.74, 6) is 0.347. The van der Waals surface area contributed by atoms with E-state index in [-0.39, 0.29) is 5.03 Å². The van der Waals surface area contributed by atoms with Crippen molar-refractivity contribution in [3.05, 3.63) is 30.7 Å². The van der Waals surface area contributed by atoms with Crippen molar-refractivity contribution in [2.75, 3.05) is 17.6 Å². The van der Waals surface area contributed by atoms with E-state index in [2.05, 4.69) is 9.71 Å². The fourth-order valence-electron chi connectivity index (χ4n) is 1.52. The molecule has 0 unspecified atom stereocenters. The molecule has 0 bridgehead atoms. The molecule has 0 aliphatic heterocycles. The minimum Gasteiger partial charge on any atom is -0.494 e. The van der Waals surface area contributed by atoms with Gasteiger partial charge in [-0.05, 0) is 12.1 Å². The fraction of sp³-hybridized carbons (Fsp3) is 0.182. The number of benzene rings is 1. The molecule has 0 aliphatic carbocycles. The van der Waals surface area contributed by atoms with Gasteiger partial charge in [-0.3, -0.25) is 4.72 Å². The van der Waals surface area contributed by atoms with Crippen molar-refractivity contribution in [2.45, 2.75) is 5.03 Å². The molecule has 2 aromatic rings. The molecule has 2 rings (SSSR count). The average Bonchev–Trinajstić information content (AvgIpc) is 2.79. The Morgan fingerprint density at radius 3 is 2.74 bits per heavy atom. The Hall–Kier alpha value is -2.22. The number of anilines is 2. The molecule has 19 heavy (non-hydrogen) atoms. The predicted molar refractivity (Wildman–Crippen MR) is 71.4 cm³/mol. The lowest BCUT2D eigenvalue weighted by molar-refractivity contribution is 0.417. The Morgan fingerprint density at radius 1 is 1.42 bits per heavy atom. The number of nitrogen functional groups attached to an aromatic ring is 1. The van der Waals surface area contributed by atoms with Gasteiger partial charge < -0.3 is 15.0 Å². The molecular formula is C11H14N4O3S. The maximum absolute atomic E-state index is 12.1. The lowest BCUT2D eigenvalue weighted by atomic mass is 10.2. The van der Waals surface area contributed by atoms with Crippen molar-refractivity contribution in [1.29, 1.82) is 0 Å². The number of sulfonamides is 1. The number of methoxy groups -OCH3 is 1. The molecule has 0 fully saturated rings. The molecule has 8 heteroatoms. The first-order chi connectivity index (χ1) is 8.92. The third-order valence-corrected chi connectivity index (χ3v) is 3.68. The normalized spacial score (nSPS) is 11.3. The molecule has 0 spiro atoms. The highest BCUT2D eigenvalue weighted by Crippen LogP contribution is 2.28. The number of aryl methyl sites for hydroxylation is 1. The zero-order valence-electron chi connectivity index (χ0n) is 10.5. The maximum atomic E-state index is 12.1. The SMILES string of the molecule is COc1cc(N)ccc1NS(=O)(=O)c1cn(C)cn1. The molecule has 0 saturated carbocycles. The number of rotatable bonds is 4. The number of aromatic nitrogens is 2. The number of nitrogens with one attached hydrogen (secondary N) is 1. The average molecular weight is 282 g/mol. The van der Waals surface area contributed by atoms with E-state index in [0.717, 1.165) is 0 Å². The van der Waals surface area contributed by atoms with Gasteiger partial charge in [0.2, 0.25) is 0 Å². The van der Waals surface area contributed by atoms with Crippen LogP contribution in [0, 0.1) is 0 Å². The van der Waals surface area contributed by atoms with Crippen LogP contribution in [-0.2, 0) is 17.1 Å². The van der Waals surface area contributed by atoms with Crippen LogP contribution < -0.4 is 15.2 Å². The first-order valence-corrected chi connectivity index (χ1v) is 6.85. The van der Waals surface area contributed by atoms with E-state index in [9.17, 15) is 8.42 Å². The van der Waals surface area contributed by atoms with Crippen molar-refractivity contribution < 1.29 is 13.2 Å². The maximum Gasteiger partial charge on any atom is 0.281 e. The van der Waals surface area contributed by atoms with Gasteiger partial charge in [-0.2, -0.15) is 8.42 Å². The van der Waals surface area contributed by atoms with E-state index in [0.29, 0.717) is 17.1 Å². The Balaban J connectivity index is 2.35. The summed E-state index contributed by atoms with van der Waals surface area (Å²) < 4.78 is 33.2. The number of imidazole rings is 1. The first-order valence-electron chi connectivity index (χ1n) is 5.36. The van der Waals surface area contributed by atoms with Gasteiger partial charge in [0.25, 0.3) is 10.0 Å². The van der Waals surface area contributed by atoms with Gasteiger partial charge in [-0.15, -0.1) is 0 Å². The molecule has 1 aromatic heterocycles. The zero-order chi connectivity index (χ0) is 14.0. The van der Waals surface area contributed by atoms with Crippen LogP contribution in [0.15, 0.2) is 35.7 Å². The highest BCUT2D eigenvalue weighted by atomic mass is 32.2. The largest absolute Gasteiger partial charge is 0.494 e. The summed E-state index contributed by atoms with van der Waals surface area (Å²) in [6, 6.07) is 4.66. The standard InChI is InChI=1S/C11H14N4O3S/c1-15-6-11(13-7-15)19(16,17)14-9-4-3-8(12)5-10(9)18-2/h3-7,14H,12H2,1-2H3. The highest BCUT2D eigenvalue weighted by molar-refractivity contribution is 7.92. The number of nitrogens with zero attached hydrogens (tertiary/aromatic N) is 2. The number of ether oxygens (including phenoxy) is 1. The van der Waals surface area contributed by atoms with E-state index in [1.165, 1.54) is 31.8 Å². The Bertz CT molecular complexity index is 694. The van der Waals surface area contributed by atoms with Gasteiger partial charge in [-0.25, -0.2) is 4.98 Å². The smallest absolute Gasteiger partial charge is 0.281 e. The summed E-state index contributed by atoms with van der Waals surface area (Å²) in [5, 5.41) is -0.0612. The van der Waals surface area contributed by atoms with Crippen molar-refractivity contribution in [2.24, 2.45) is 7.05 Å². The van der Waals surface area contributed by atoms with E-state index < -0.39 is 10.0 Å². The number of hydrogen-bond donors (Lipinski definition) is 2. The van der Waals surface area contributed by atoms with Gasteiger partial charge in [0.15, 0.2) is 5.03 Å². The molecule has 1 aromatic carbocycles. The lowest BCUT2D eigenvalue weighted by Crippen LogP contribution is -2.14. The van der Waals surface area contributed by atoms with E-state index in [4.69, 9.17) is 10.5 Å². The molecule has 0 atom stereocenters. The number of nitrogens with two attached hydrogens (primary N) is 1. The van der Waals surface area contributed by atoms with Crippen LogP contribution in [-0.4, -0.2) is 25.1 Å². The summed E-state index contributed by atoms with van der Waals surface area (Å²) in [7, 11) is -0.613. The molecule has 7 nitrogen and oxygen atoms in total. The van der Waals surface area contributed by atoms with Crippen LogP contribution in [0.4, 0.5) is 11.4 Å². The topological polar surface area (TPSA) is 99.2 Å². The van der Waals surface area contributed by atoms with E-state index >= 15 is 0 Å². The third-order valence-electron chi connectivity index (χ3n) is 2.43. The third kappa shape index (κ3) is 2.79. The van der Waals surface area contributed by atoms with Crippen molar-refractivity contribution in [3.8, 4) is 5.75 Å². The Kier molecular flexibility index (Phi) is 3.34. The highest BCUT2D eigenvalue weighted by Gasteiger charge is 2.19. The quantitative estimate of drug-likeness (QED) is 0.808. The molecule has 0 saturated heterocycles. The molecule has 3 N–H and O–H groups in total. The van der Waals surface area contributed by atoms with E-state index in [1.807, 2.05) is 0 Å². The molecule has 0 radical (unpaired) electrons. The zero-order valence-corrected chi connectivity index (χ0v) is 11.3.